The Kier molecular flexibility index (Phi) is 4.33. The summed E-state index contributed by atoms with van der Waals surface area (Å²) in [6.45, 7) is 7.18. The molecule has 0 bridgehead atoms. The average Bonchev–Trinajstić information content (AvgIpc) is 2.18. The molecule has 0 saturated carbocycles. The maximum absolute atomic E-state index is 9.07. The minimum absolute atomic E-state index is 0.188. The molecule has 0 heterocycles. The van der Waals surface area contributed by atoms with E-state index in [1.807, 2.05) is 25.1 Å². The molecular weight excluding hydrogens is 184 g/mol. The Labute approximate surface area is 91.9 Å². The van der Waals surface area contributed by atoms with Crippen molar-refractivity contribution in [2.24, 2.45) is 5.92 Å². The molecular formula is C13H18N2. The first-order valence-corrected chi connectivity index (χ1v) is 5.33. The van der Waals surface area contributed by atoms with Crippen molar-refractivity contribution in [1.29, 1.82) is 5.26 Å². The van der Waals surface area contributed by atoms with E-state index in [1.165, 1.54) is 5.56 Å². The van der Waals surface area contributed by atoms with Gasteiger partial charge in [-0.05, 0) is 24.9 Å². The van der Waals surface area contributed by atoms with E-state index in [2.05, 4.69) is 31.3 Å². The molecule has 0 amide bonds. The van der Waals surface area contributed by atoms with Gasteiger partial charge >= 0.3 is 0 Å². The van der Waals surface area contributed by atoms with Crippen LogP contribution in [0.1, 0.15) is 31.0 Å². The van der Waals surface area contributed by atoms with Crippen LogP contribution in [0.3, 0.4) is 0 Å². The van der Waals surface area contributed by atoms with E-state index in [4.69, 9.17) is 5.26 Å². The number of hydrogen-bond acceptors (Lipinski definition) is 2. The lowest BCUT2D eigenvalue weighted by Gasteiger charge is -2.13. The molecule has 15 heavy (non-hydrogen) atoms. The van der Waals surface area contributed by atoms with E-state index in [0.29, 0.717) is 5.92 Å². The molecule has 1 rings (SSSR count). The third kappa shape index (κ3) is 3.73. The van der Waals surface area contributed by atoms with Gasteiger partial charge in [0.05, 0.1) is 6.07 Å². The summed E-state index contributed by atoms with van der Waals surface area (Å²) in [6.07, 6.45) is 0. The van der Waals surface area contributed by atoms with Crippen LogP contribution in [-0.2, 0) is 0 Å². The molecule has 0 aliphatic heterocycles. The number of nitrogens with one attached hydrogen (secondary N) is 1. The van der Waals surface area contributed by atoms with Gasteiger partial charge in [-0.3, -0.25) is 5.32 Å². The molecule has 0 saturated heterocycles. The average molecular weight is 202 g/mol. The molecule has 0 fully saturated rings. The second-order valence-electron chi connectivity index (χ2n) is 4.28. The van der Waals surface area contributed by atoms with E-state index in [-0.39, 0.29) is 6.04 Å². The SMILES string of the molecule is Cc1cccc(C(C#N)NCC(C)C)c1. The van der Waals surface area contributed by atoms with Gasteiger partial charge in [-0.25, -0.2) is 0 Å². The third-order valence-corrected chi connectivity index (χ3v) is 2.23. The normalized spacial score (nSPS) is 12.5. The van der Waals surface area contributed by atoms with Crippen molar-refractivity contribution in [3.8, 4) is 6.07 Å². The van der Waals surface area contributed by atoms with Crippen LogP contribution in [0.15, 0.2) is 24.3 Å². The highest BCUT2D eigenvalue weighted by atomic mass is 14.9. The van der Waals surface area contributed by atoms with Crippen molar-refractivity contribution in [2.75, 3.05) is 6.54 Å². The third-order valence-electron chi connectivity index (χ3n) is 2.23. The van der Waals surface area contributed by atoms with Crippen molar-refractivity contribution >= 4 is 0 Å². The molecule has 2 heteroatoms. The van der Waals surface area contributed by atoms with Gasteiger partial charge in [-0.2, -0.15) is 5.26 Å². The molecule has 1 N–H and O–H groups in total. The molecule has 1 aromatic carbocycles. The molecule has 1 unspecified atom stereocenters. The predicted molar refractivity (Wildman–Crippen MR) is 62.4 cm³/mol. The van der Waals surface area contributed by atoms with Gasteiger partial charge in [0.15, 0.2) is 0 Å². The minimum atomic E-state index is -0.188. The lowest BCUT2D eigenvalue weighted by Crippen LogP contribution is -2.24. The summed E-state index contributed by atoms with van der Waals surface area (Å²) < 4.78 is 0. The summed E-state index contributed by atoms with van der Waals surface area (Å²) in [5, 5.41) is 12.3. The molecule has 80 valence electrons. The summed E-state index contributed by atoms with van der Waals surface area (Å²) in [5.74, 6) is 0.561. The number of nitrogens with zero attached hydrogens (tertiary/aromatic N) is 1. The summed E-state index contributed by atoms with van der Waals surface area (Å²) in [5.41, 5.74) is 2.25. The second kappa shape index (κ2) is 5.53. The molecule has 0 radical (unpaired) electrons. The van der Waals surface area contributed by atoms with Crippen LogP contribution in [0.5, 0.6) is 0 Å². The first kappa shape index (κ1) is 11.7. The minimum Gasteiger partial charge on any atom is -0.298 e. The van der Waals surface area contributed by atoms with E-state index >= 15 is 0 Å². The van der Waals surface area contributed by atoms with Crippen molar-refractivity contribution < 1.29 is 0 Å². The Bertz CT molecular complexity index is 350. The first-order valence-electron chi connectivity index (χ1n) is 5.33. The van der Waals surface area contributed by atoms with E-state index in [0.717, 1.165) is 12.1 Å². The van der Waals surface area contributed by atoms with Gasteiger partial charge in [-0.15, -0.1) is 0 Å². The highest BCUT2D eigenvalue weighted by Gasteiger charge is 2.09. The van der Waals surface area contributed by atoms with Crippen molar-refractivity contribution in [2.45, 2.75) is 26.8 Å². The zero-order chi connectivity index (χ0) is 11.3. The monoisotopic (exact) mass is 202 g/mol. The Hall–Kier alpha value is -1.33. The summed E-state index contributed by atoms with van der Waals surface area (Å²) in [6, 6.07) is 10.2. The van der Waals surface area contributed by atoms with Crippen LogP contribution in [0.25, 0.3) is 0 Å². The molecule has 2 nitrogen and oxygen atoms in total. The Morgan fingerprint density at radius 1 is 1.40 bits per heavy atom. The lowest BCUT2D eigenvalue weighted by molar-refractivity contribution is 0.525. The van der Waals surface area contributed by atoms with E-state index in [9.17, 15) is 0 Å². The van der Waals surface area contributed by atoms with Gasteiger partial charge in [-0.1, -0.05) is 43.7 Å². The summed E-state index contributed by atoms with van der Waals surface area (Å²) in [7, 11) is 0. The number of rotatable bonds is 4. The Morgan fingerprint density at radius 3 is 2.67 bits per heavy atom. The molecule has 0 spiro atoms. The van der Waals surface area contributed by atoms with Crippen molar-refractivity contribution in [3.63, 3.8) is 0 Å². The number of hydrogen-bond donors (Lipinski definition) is 1. The van der Waals surface area contributed by atoms with Crippen molar-refractivity contribution in [3.05, 3.63) is 35.4 Å². The van der Waals surface area contributed by atoms with Crippen LogP contribution in [0, 0.1) is 24.2 Å². The van der Waals surface area contributed by atoms with Gasteiger partial charge in [0.25, 0.3) is 0 Å². The van der Waals surface area contributed by atoms with Crippen LogP contribution >= 0.6 is 0 Å². The van der Waals surface area contributed by atoms with Crippen molar-refractivity contribution in [1.82, 2.24) is 5.32 Å². The largest absolute Gasteiger partial charge is 0.298 e. The standard InChI is InChI=1S/C13H18N2/c1-10(2)9-15-13(8-14)12-6-4-5-11(3)7-12/h4-7,10,13,15H,9H2,1-3H3. The fourth-order valence-corrected chi connectivity index (χ4v) is 1.44. The quantitative estimate of drug-likeness (QED) is 0.815. The predicted octanol–water partition coefficient (Wildman–Crippen LogP) is 2.81. The highest BCUT2D eigenvalue weighted by molar-refractivity contribution is 5.28. The fraction of sp³-hybridized carbons (Fsp3) is 0.462. The van der Waals surface area contributed by atoms with Crippen LogP contribution in [0.4, 0.5) is 0 Å². The van der Waals surface area contributed by atoms with E-state index < -0.39 is 0 Å². The Morgan fingerprint density at radius 2 is 2.13 bits per heavy atom. The number of nitriles is 1. The van der Waals surface area contributed by atoms with Crippen LogP contribution in [0.2, 0.25) is 0 Å². The number of benzene rings is 1. The second-order valence-corrected chi connectivity index (χ2v) is 4.28. The van der Waals surface area contributed by atoms with Crippen LogP contribution in [-0.4, -0.2) is 6.54 Å². The molecule has 0 aliphatic carbocycles. The maximum Gasteiger partial charge on any atom is 0.121 e. The smallest absolute Gasteiger partial charge is 0.121 e. The Balaban J connectivity index is 2.71. The zero-order valence-corrected chi connectivity index (χ0v) is 9.62. The van der Waals surface area contributed by atoms with Gasteiger partial charge < -0.3 is 0 Å². The molecule has 0 aliphatic rings. The fourth-order valence-electron chi connectivity index (χ4n) is 1.44. The van der Waals surface area contributed by atoms with E-state index in [1.54, 1.807) is 0 Å². The molecule has 1 atom stereocenters. The molecule has 0 aromatic heterocycles. The van der Waals surface area contributed by atoms with Gasteiger partial charge in [0, 0.05) is 0 Å². The van der Waals surface area contributed by atoms with Gasteiger partial charge in [0.1, 0.15) is 6.04 Å². The zero-order valence-electron chi connectivity index (χ0n) is 9.62. The van der Waals surface area contributed by atoms with Gasteiger partial charge in [0.2, 0.25) is 0 Å². The summed E-state index contributed by atoms with van der Waals surface area (Å²) in [4.78, 5) is 0. The topological polar surface area (TPSA) is 35.8 Å². The number of aryl methyl sites for hydroxylation is 1. The first-order chi connectivity index (χ1) is 7.13. The lowest BCUT2D eigenvalue weighted by atomic mass is 10.0. The summed E-state index contributed by atoms with van der Waals surface area (Å²) >= 11 is 0. The van der Waals surface area contributed by atoms with Crippen LogP contribution < -0.4 is 5.32 Å². The molecule has 1 aromatic rings. The maximum atomic E-state index is 9.07. The highest BCUT2D eigenvalue weighted by Crippen LogP contribution is 2.13.